The highest BCUT2D eigenvalue weighted by Crippen LogP contribution is 2.47. The van der Waals surface area contributed by atoms with Crippen molar-refractivity contribution in [1.29, 1.82) is 0 Å². The molecule has 0 radical (unpaired) electrons. The fourth-order valence-corrected chi connectivity index (χ4v) is 4.06. The van der Waals surface area contributed by atoms with Crippen molar-refractivity contribution < 1.29 is 9.53 Å². The zero-order valence-electron chi connectivity index (χ0n) is 13.7. The van der Waals surface area contributed by atoms with Crippen LogP contribution in [0.25, 0.3) is 0 Å². The fourth-order valence-electron chi connectivity index (χ4n) is 4.06. The van der Waals surface area contributed by atoms with E-state index >= 15 is 0 Å². The van der Waals surface area contributed by atoms with Gasteiger partial charge in [0.1, 0.15) is 5.75 Å². The highest BCUT2D eigenvalue weighted by molar-refractivity contribution is 6.05. The molecule has 0 unspecified atom stereocenters. The molecule has 2 aromatic carbocycles. The van der Waals surface area contributed by atoms with E-state index in [4.69, 9.17) is 4.74 Å². The number of Topliss-reactive ketones (excluding diaryl/α,β-unsaturated/α-hetero) is 1. The third-order valence-electron chi connectivity index (χ3n) is 5.26. The van der Waals surface area contributed by atoms with E-state index in [1.165, 1.54) is 0 Å². The fraction of sp³-hybridized carbons (Fsp3) is 0.350. The summed E-state index contributed by atoms with van der Waals surface area (Å²) in [4.78, 5) is 13.4. The molecule has 4 heteroatoms. The number of ketones is 1. The van der Waals surface area contributed by atoms with Crippen molar-refractivity contribution in [3.8, 4) is 5.75 Å². The number of ether oxygens (including phenoxy) is 1. The summed E-state index contributed by atoms with van der Waals surface area (Å²) in [5, 5.41) is 8.83. The van der Waals surface area contributed by atoms with Crippen LogP contribution in [0.15, 0.2) is 58.8 Å². The number of benzene rings is 2. The molecule has 0 saturated heterocycles. The normalized spacial score (nSPS) is 25.5. The van der Waals surface area contributed by atoms with Crippen molar-refractivity contribution >= 4 is 5.78 Å². The molecule has 0 N–H and O–H groups in total. The van der Waals surface area contributed by atoms with Crippen molar-refractivity contribution in [3.05, 3.63) is 65.2 Å². The number of para-hydroxylation sites is 1. The molecule has 1 aliphatic carbocycles. The van der Waals surface area contributed by atoms with E-state index in [9.17, 15) is 4.79 Å². The van der Waals surface area contributed by atoms with E-state index in [0.717, 1.165) is 41.7 Å². The van der Waals surface area contributed by atoms with E-state index in [0.29, 0.717) is 6.54 Å². The zero-order chi connectivity index (χ0) is 16.6. The topological polar surface area (TPSA) is 51.0 Å². The quantitative estimate of drug-likeness (QED) is 0.832. The molecule has 0 amide bonds. The van der Waals surface area contributed by atoms with Gasteiger partial charge in [-0.1, -0.05) is 42.5 Å². The predicted octanol–water partition coefficient (Wildman–Crippen LogP) is 4.20. The standard InChI is InChI=1S/C20H20N2O2/c1-24-18-11-5-4-10-16(18)17-13-21-22-20(17)12-6-8-14-7-2-3-9-15(14)19(20)23/h2-5,7,9-11,17H,6,8,12-13H2,1H3/t17-,20+/m0/s1. The molecule has 4 nitrogen and oxygen atoms in total. The second-order valence-electron chi connectivity index (χ2n) is 6.48. The van der Waals surface area contributed by atoms with Gasteiger partial charge in [-0.2, -0.15) is 10.2 Å². The summed E-state index contributed by atoms with van der Waals surface area (Å²) < 4.78 is 5.53. The molecule has 2 aliphatic rings. The Kier molecular flexibility index (Phi) is 3.68. The van der Waals surface area contributed by atoms with Gasteiger partial charge in [0, 0.05) is 17.0 Å². The van der Waals surface area contributed by atoms with Gasteiger partial charge in [-0.15, -0.1) is 0 Å². The number of hydrogen-bond acceptors (Lipinski definition) is 4. The molecular formula is C20H20N2O2. The monoisotopic (exact) mass is 320 g/mol. The van der Waals surface area contributed by atoms with Gasteiger partial charge in [0.15, 0.2) is 11.3 Å². The van der Waals surface area contributed by atoms with Gasteiger partial charge < -0.3 is 4.74 Å². The Morgan fingerprint density at radius 2 is 1.92 bits per heavy atom. The lowest BCUT2D eigenvalue weighted by atomic mass is 9.74. The maximum Gasteiger partial charge on any atom is 0.193 e. The number of aryl methyl sites for hydroxylation is 1. The molecule has 2 aromatic rings. The first-order valence-electron chi connectivity index (χ1n) is 8.40. The number of carbonyl (C=O) groups is 1. The number of rotatable bonds is 2. The van der Waals surface area contributed by atoms with Crippen molar-refractivity contribution in [2.75, 3.05) is 13.7 Å². The number of methoxy groups -OCH3 is 1. The van der Waals surface area contributed by atoms with E-state index in [1.807, 2.05) is 42.5 Å². The van der Waals surface area contributed by atoms with Crippen molar-refractivity contribution in [2.24, 2.45) is 10.2 Å². The lowest BCUT2D eigenvalue weighted by Crippen LogP contribution is -2.41. The summed E-state index contributed by atoms with van der Waals surface area (Å²) in [5.74, 6) is 0.847. The van der Waals surface area contributed by atoms with Crippen LogP contribution in [0, 0.1) is 0 Å². The SMILES string of the molecule is COc1ccccc1[C@@H]1CN=N[C@]12CCCc1ccccc1C2=O. The summed E-state index contributed by atoms with van der Waals surface area (Å²) in [6, 6.07) is 15.8. The molecular weight excluding hydrogens is 300 g/mol. The van der Waals surface area contributed by atoms with Crippen molar-refractivity contribution in [3.63, 3.8) is 0 Å². The van der Waals surface area contributed by atoms with Crippen LogP contribution in [0.4, 0.5) is 0 Å². The number of fused-ring (bicyclic) bond motifs is 1. The van der Waals surface area contributed by atoms with E-state index < -0.39 is 5.54 Å². The van der Waals surface area contributed by atoms with Gasteiger partial charge >= 0.3 is 0 Å². The summed E-state index contributed by atoms with van der Waals surface area (Å²) in [5.41, 5.74) is 2.16. The van der Waals surface area contributed by atoms with Crippen LogP contribution in [0.1, 0.15) is 40.2 Å². The average molecular weight is 320 g/mol. The first-order valence-corrected chi connectivity index (χ1v) is 8.40. The predicted molar refractivity (Wildman–Crippen MR) is 91.9 cm³/mol. The Labute approximate surface area is 141 Å². The molecule has 122 valence electrons. The van der Waals surface area contributed by atoms with Crippen molar-refractivity contribution in [1.82, 2.24) is 0 Å². The van der Waals surface area contributed by atoms with Crippen LogP contribution in [0.5, 0.6) is 5.75 Å². The third kappa shape index (κ3) is 2.17. The molecule has 0 saturated carbocycles. The maximum atomic E-state index is 13.4. The first kappa shape index (κ1) is 15.1. The van der Waals surface area contributed by atoms with Gasteiger partial charge in [-0.3, -0.25) is 4.79 Å². The molecule has 0 aromatic heterocycles. The van der Waals surface area contributed by atoms with Crippen molar-refractivity contribution in [2.45, 2.75) is 30.7 Å². The Bertz CT molecular complexity index is 815. The van der Waals surface area contributed by atoms with E-state index in [1.54, 1.807) is 7.11 Å². The number of nitrogens with zero attached hydrogens (tertiary/aromatic N) is 2. The summed E-state index contributed by atoms with van der Waals surface area (Å²) >= 11 is 0. The minimum Gasteiger partial charge on any atom is -0.496 e. The van der Waals surface area contributed by atoms with Gasteiger partial charge in [0.25, 0.3) is 0 Å². The van der Waals surface area contributed by atoms with Crippen LogP contribution in [0.3, 0.4) is 0 Å². The highest BCUT2D eigenvalue weighted by Gasteiger charge is 2.51. The molecule has 1 aliphatic heterocycles. The smallest absolute Gasteiger partial charge is 0.193 e. The third-order valence-corrected chi connectivity index (χ3v) is 5.26. The lowest BCUT2D eigenvalue weighted by Gasteiger charge is -2.30. The molecule has 2 atom stereocenters. The summed E-state index contributed by atoms with van der Waals surface area (Å²) in [6.45, 7) is 0.536. The second-order valence-corrected chi connectivity index (χ2v) is 6.48. The Morgan fingerprint density at radius 3 is 2.79 bits per heavy atom. The van der Waals surface area contributed by atoms with Crippen LogP contribution >= 0.6 is 0 Å². The van der Waals surface area contributed by atoms with Crippen LogP contribution in [-0.2, 0) is 6.42 Å². The maximum absolute atomic E-state index is 13.4. The van der Waals surface area contributed by atoms with Gasteiger partial charge in [-0.05, 0) is 30.9 Å². The van der Waals surface area contributed by atoms with Gasteiger partial charge in [-0.25, -0.2) is 0 Å². The Morgan fingerprint density at radius 1 is 1.12 bits per heavy atom. The molecule has 24 heavy (non-hydrogen) atoms. The van der Waals surface area contributed by atoms with E-state index in [2.05, 4.69) is 16.3 Å². The molecule has 0 fully saturated rings. The zero-order valence-corrected chi connectivity index (χ0v) is 13.7. The molecule has 4 rings (SSSR count). The average Bonchev–Trinajstić information content (AvgIpc) is 3.00. The summed E-state index contributed by atoms with van der Waals surface area (Å²) in [7, 11) is 1.67. The first-order chi connectivity index (χ1) is 11.8. The summed E-state index contributed by atoms with van der Waals surface area (Å²) in [6.07, 6.45) is 2.58. The minimum absolute atomic E-state index is 0.0627. The molecule has 0 bridgehead atoms. The van der Waals surface area contributed by atoms with Gasteiger partial charge in [0.05, 0.1) is 13.7 Å². The van der Waals surface area contributed by atoms with Crippen LogP contribution in [0.2, 0.25) is 0 Å². The van der Waals surface area contributed by atoms with Crippen LogP contribution < -0.4 is 4.74 Å². The van der Waals surface area contributed by atoms with Crippen LogP contribution in [-0.4, -0.2) is 25.0 Å². The molecule has 1 spiro atoms. The second kappa shape index (κ2) is 5.86. The lowest BCUT2D eigenvalue weighted by molar-refractivity contribution is 0.0869. The van der Waals surface area contributed by atoms with E-state index in [-0.39, 0.29) is 11.7 Å². The largest absolute Gasteiger partial charge is 0.496 e. The Hall–Kier alpha value is -2.49. The highest BCUT2D eigenvalue weighted by atomic mass is 16.5. The minimum atomic E-state index is -0.790. The molecule has 1 heterocycles. The number of azo groups is 1. The van der Waals surface area contributed by atoms with Gasteiger partial charge in [0.2, 0.25) is 0 Å². The number of hydrogen-bond donors (Lipinski definition) is 0. The Balaban J connectivity index is 1.83. The number of carbonyl (C=O) groups excluding carboxylic acids is 1.